The van der Waals surface area contributed by atoms with Crippen molar-refractivity contribution in [2.45, 2.75) is 70.6 Å². The van der Waals surface area contributed by atoms with Gasteiger partial charge in [0.15, 0.2) is 0 Å². The molecule has 7 atom stereocenters. The van der Waals surface area contributed by atoms with Gasteiger partial charge in [0.1, 0.15) is 5.60 Å². The average molecular weight is 384 g/mol. The van der Waals surface area contributed by atoms with E-state index in [1.807, 2.05) is 6.92 Å². The molecule has 0 radical (unpaired) electrons. The first kappa shape index (κ1) is 17.4. The van der Waals surface area contributed by atoms with Crippen LogP contribution in [0.15, 0.2) is 0 Å². The van der Waals surface area contributed by atoms with Crippen LogP contribution in [0.5, 0.6) is 0 Å². The van der Waals surface area contributed by atoms with E-state index in [2.05, 4.69) is 13.8 Å². The fraction of sp³-hybridized carbons (Fsp3) is 0.947. The molecule has 0 unspecified atom stereocenters. The van der Waals surface area contributed by atoms with E-state index >= 15 is 0 Å². The van der Waals surface area contributed by atoms with Crippen molar-refractivity contribution < 1.29 is 23.1 Å². The van der Waals surface area contributed by atoms with Crippen LogP contribution in [0.2, 0.25) is 0 Å². The number of hydrogen-bond donors (Lipinski definition) is 1. The van der Waals surface area contributed by atoms with Gasteiger partial charge in [-0.3, -0.25) is 4.79 Å². The number of aliphatic hydroxyl groups excluding tert-OH is 1. The standard InChI is InChI=1S/C19H29NO5S/c1-11-8-19(9-21)15(25-19)7-13(11)16(22)20-14-6-12-4-5-18(14,17(12,2)3)10-26(20,23)24/h11-15,21H,4-10H2,1-3H3/t11-,12+,13-,14-,15+,18-,19+/m0/s1. The molecular formula is C19H29NO5S. The Balaban J connectivity index is 1.46. The van der Waals surface area contributed by atoms with E-state index < -0.39 is 15.6 Å². The number of ether oxygens (including phenoxy) is 1. The molecule has 2 bridgehead atoms. The Kier molecular flexibility index (Phi) is 3.25. The normalized spacial score (nSPS) is 52.6. The highest BCUT2D eigenvalue weighted by molar-refractivity contribution is 7.90. The highest BCUT2D eigenvalue weighted by Gasteiger charge is 2.73. The number of rotatable bonds is 2. The maximum absolute atomic E-state index is 13.4. The Morgan fingerprint density at radius 3 is 2.69 bits per heavy atom. The summed E-state index contributed by atoms with van der Waals surface area (Å²) in [5.74, 6) is 0.114. The molecule has 3 saturated carbocycles. The highest BCUT2D eigenvalue weighted by Crippen LogP contribution is 2.70. The number of fused-ring (bicyclic) bond motifs is 2. The molecule has 2 heterocycles. The zero-order chi connectivity index (χ0) is 18.7. The second-order valence-corrected chi connectivity index (χ2v) is 12.0. The Hall–Kier alpha value is -0.660. The van der Waals surface area contributed by atoms with Gasteiger partial charge in [-0.2, -0.15) is 0 Å². The lowest BCUT2D eigenvalue weighted by Crippen LogP contribution is -2.49. The fourth-order valence-electron chi connectivity index (χ4n) is 7.13. The van der Waals surface area contributed by atoms with Crippen molar-refractivity contribution in [1.82, 2.24) is 4.31 Å². The van der Waals surface area contributed by atoms with E-state index in [4.69, 9.17) is 4.74 Å². The molecule has 5 fully saturated rings. The van der Waals surface area contributed by atoms with Gasteiger partial charge in [0, 0.05) is 11.3 Å². The monoisotopic (exact) mass is 383 g/mol. The molecule has 7 heteroatoms. The van der Waals surface area contributed by atoms with E-state index in [0.29, 0.717) is 18.8 Å². The lowest BCUT2D eigenvalue weighted by Gasteiger charge is -2.38. The second-order valence-electron chi connectivity index (χ2n) is 10.1. The first-order valence-corrected chi connectivity index (χ1v) is 11.5. The zero-order valence-electron chi connectivity index (χ0n) is 15.8. The van der Waals surface area contributed by atoms with Gasteiger partial charge in [-0.25, -0.2) is 12.7 Å². The van der Waals surface area contributed by atoms with Crippen LogP contribution < -0.4 is 0 Å². The topological polar surface area (TPSA) is 87.2 Å². The van der Waals surface area contributed by atoms with Gasteiger partial charge in [0.05, 0.1) is 24.5 Å². The molecule has 6 nitrogen and oxygen atoms in total. The summed E-state index contributed by atoms with van der Waals surface area (Å²) in [4.78, 5) is 13.4. The van der Waals surface area contributed by atoms with E-state index in [9.17, 15) is 18.3 Å². The number of amides is 1. The van der Waals surface area contributed by atoms with Gasteiger partial charge in [-0.1, -0.05) is 20.8 Å². The number of carbonyl (C=O) groups excluding carboxylic acids is 1. The minimum atomic E-state index is -3.56. The predicted octanol–water partition coefficient (Wildman–Crippen LogP) is 1.53. The zero-order valence-corrected chi connectivity index (χ0v) is 16.6. The summed E-state index contributed by atoms with van der Waals surface area (Å²) >= 11 is 0. The SMILES string of the molecule is C[C@H]1C[C@]2(CO)O[C@@H]2C[C@@H]1C(=O)N1[C@H]2C[C@H]3CC[C@@]2(CS1(=O)=O)C3(C)C. The molecule has 5 aliphatic rings. The third-order valence-corrected chi connectivity index (χ3v) is 10.9. The van der Waals surface area contributed by atoms with Gasteiger partial charge in [0.2, 0.25) is 15.9 Å². The third kappa shape index (κ3) is 1.85. The minimum Gasteiger partial charge on any atom is -0.393 e. The lowest BCUT2D eigenvalue weighted by atomic mass is 9.68. The first-order valence-electron chi connectivity index (χ1n) is 9.93. The highest BCUT2D eigenvalue weighted by atomic mass is 32.2. The van der Waals surface area contributed by atoms with Crippen LogP contribution in [0.25, 0.3) is 0 Å². The molecule has 146 valence electrons. The van der Waals surface area contributed by atoms with Crippen molar-refractivity contribution in [2.24, 2.45) is 28.6 Å². The number of nitrogens with zero attached hydrogens (tertiary/aromatic N) is 1. The Labute approximate surface area is 155 Å². The largest absolute Gasteiger partial charge is 0.393 e. The van der Waals surface area contributed by atoms with Crippen LogP contribution in [-0.4, -0.2) is 53.8 Å². The van der Waals surface area contributed by atoms with Crippen molar-refractivity contribution in [3.8, 4) is 0 Å². The number of carbonyl (C=O) groups is 1. The van der Waals surface area contributed by atoms with Crippen LogP contribution >= 0.6 is 0 Å². The Morgan fingerprint density at radius 1 is 1.31 bits per heavy atom. The third-order valence-electron chi connectivity index (χ3n) is 8.94. The van der Waals surface area contributed by atoms with Gasteiger partial charge in [0.25, 0.3) is 0 Å². The van der Waals surface area contributed by atoms with Crippen molar-refractivity contribution in [1.29, 1.82) is 0 Å². The van der Waals surface area contributed by atoms with Gasteiger partial charge < -0.3 is 9.84 Å². The molecule has 1 spiro atoms. The van der Waals surface area contributed by atoms with Crippen LogP contribution in [0.3, 0.4) is 0 Å². The maximum Gasteiger partial charge on any atom is 0.239 e. The molecule has 26 heavy (non-hydrogen) atoms. The summed E-state index contributed by atoms with van der Waals surface area (Å²) in [6, 6.07) is -0.161. The Bertz CT molecular complexity index is 779. The molecule has 2 saturated heterocycles. The summed E-state index contributed by atoms with van der Waals surface area (Å²) in [6.45, 7) is 6.36. The number of sulfonamides is 1. The molecular weight excluding hydrogens is 354 g/mol. The van der Waals surface area contributed by atoms with E-state index in [1.54, 1.807) is 0 Å². The fourth-order valence-corrected chi connectivity index (χ4v) is 9.72. The van der Waals surface area contributed by atoms with E-state index in [1.165, 1.54) is 4.31 Å². The lowest BCUT2D eigenvalue weighted by molar-refractivity contribution is -0.136. The van der Waals surface area contributed by atoms with Crippen molar-refractivity contribution in [3.05, 3.63) is 0 Å². The smallest absolute Gasteiger partial charge is 0.239 e. The molecule has 2 aliphatic heterocycles. The average Bonchev–Trinajstić information content (AvgIpc) is 3.07. The van der Waals surface area contributed by atoms with Crippen LogP contribution in [0, 0.1) is 28.6 Å². The van der Waals surface area contributed by atoms with Crippen molar-refractivity contribution in [2.75, 3.05) is 12.4 Å². The van der Waals surface area contributed by atoms with Crippen LogP contribution in [0.4, 0.5) is 0 Å². The predicted molar refractivity (Wildman–Crippen MR) is 94.6 cm³/mol. The van der Waals surface area contributed by atoms with Gasteiger partial charge in [-0.05, 0) is 49.4 Å². The van der Waals surface area contributed by atoms with Crippen LogP contribution in [0.1, 0.15) is 52.9 Å². The molecule has 0 aromatic rings. The summed E-state index contributed by atoms with van der Waals surface area (Å²) in [7, 11) is -3.56. The molecule has 0 aromatic carbocycles. The van der Waals surface area contributed by atoms with Crippen molar-refractivity contribution >= 4 is 15.9 Å². The summed E-state index contributed by atoms with van der Waals surface area (Å²) in [6.07, 6.45) is 3.86. The van der Waals surface area contributed by atoms with Gasteiger partial charge >= 0.3 is 0 Å². The molecule has 3 aliphatic carbocycles. The molecule has 1 N–H and O–H groups in total. The van der Waals surface area contributed by atoms with Gasteiger partial charge in [-0.15, -0.1) is 0 Å². The summed E-state index contributed by atoms with van der Waals surface area (Å²) in [5, 5.41) is 9.56. The molecule has 0 aromatic heterocycles. The second kappa shape index (κ2) is 4.84. The molecule has 1 amide bonds. The van der Waals surface area contributed by atoms with E-state index in [-0.39, 0.29) is 53.1 Å². The first-order chi connectivity index (χ1) is 12.1. The minimum absolute atomic E-state index is 0.0201. The summed E-state index contributed by atoms with van der Waals surface area (Å²) in [5.41, 5.74) is -0.770. The van der Waals surface area contributed by atoms with Crippen molar-refractivity contribution in [3.63, 3.8) is 0 Å². The van der Waals surface area contributed by atoms with Crippen LogP contribution in [-0.2, 0) is 19.6 Å². The number of epoxide rings is 1. The maximum atomic E-state index is 13.4. The summed E-state index contributed by atoms with van der Waals surface area (Å²) < 4.78 is 33.1. The Morgan fingerprint density at radius 2 is 2.04 bits per heavy atom. The number of aliphatic hydroxyl groups is 1. The number of hydrogen-bond acceptors (Lipinski definition) is 5. The quantitative estimate of drug-likeness (QED) is 0.731. The van der Waals surface area contributed by atoms with E-state index in [0.717, 1.165) is 19.3 Å². The molecule has 5 rings (SSSR count).